The number of hydrogen-bond acceptors (Lipinski definition) is 7. The molecule has 0 radical (unpaired) electrons. The summed E-state index contributed by atoms with van der Waals surface area (Å²) in [6, 6.07) is 13.6. The average Bonchev–Trinajstić information content (AvgIpc) is 3.43. The van der Waals surface area contributed by atoms with E-state index < -0.39 is 6.09 Å². The molecule has 0 saturated heterocycles. The zero-order valence-corrected chi connectivity index (χ0v) is 19.3. The van der Waals surface area contributed by atoms with Crippen LogP contribution in [0, 0.1) is 0 Å². The maximum Gasteiger partial charge on any atom is 0.412 e. The number of carbonyl (C=O) groups is 1. The Balaban J connectivity index is 1.28. The van der Waals surface area contributed by atoms with E-state index >= 15 is 0 Å². The first-order valence-corrected chi connectivity index (χ1v) is 11.6. The highest BCUT2D eigenvalue weighted by atomic mass is 32.1. The van der Waals surface area contributed by atoms with Gasteiger partial charge in [0, 0.05) is 6.54 Å². The van der Waals surface area contributed by atoms with E-state index in [1.165, 1.54) is 11.3 Å². The van der Waals surface area contributed by atoms with Crippen LogP contribution in [-0.2, 0) is 35.7 Å². The lowest BCUT2D eigenvalue weighted by Gasteiger charge is -2.14. The number of nitrogens with zero attached hydrogens (tertiary/aromatic N) is 3. The molecule has 1 amide bonds. The molecule has 170 valence electrons. The Morgan fingerprint density at radius 1 is 1.24 bits per heavy atom. The first-order valence-electron chi connectivity index (χ1n) is 10.8. The number of thiazole rings is 1. The molecule has 0 saturated carbocycles. The average molecular weight is 465 g/mol. The van der Waals surface area contributed by atoms with Gasteiger partial charge in [-0.2, -0.15) is 0 Å². The van der Waals surface area contributed by atoms with E-state index in [1.807, 2.05) is 49.4 Å². The number of imidazole rings is 1. The Bertz CT molecular complexity index is 1310. The van der Waals surface area contributed by atoms with Crippen molar-refractivity contribution in [2.75, 3.05) is 19.0 Å². The summed E-state index contributed by atoms with van der Waals surface area (Å²) >= 11 is 1.41. The molecule has 3 heterocycles. The van der Waals surface area contributed by atoms with Gasteiger partial charge >= 0.3 is 6.09 Å². The summed E-state index contributed by atoms with van der Waals surface area (Å²) in [6.07, 6.45) is 0.171. The lowest BCUT2D eigenvalue weighted by atomic mass is 10.2. The van der Waals surface area contributed by atoms with Crippen molar-refractivity contribution in [1.29, 1.82) is 0 Å². The van der Waals surface area contributed by atoms with Gasteiger partial charge in [-0.25, -0.2) is 14.8 Å². The molecule has 8 nitrogen and oxygen atoms in total. The summed E-state index contributed by atoms with van der Waals surface area (Å²) in [7, 11) is 1.63. The van der Waals surface area contributed by atoms with Gasteiger partial charge in [0.1, 0.15) is 34.8 Å². The third-order valence-corrected chi connectivity index (χ3v) is 6.58. The fraction of sp³-hybridized carbons (Fsp3) is 0.292. The smallest absolute Gasteiger partial charge is 0.412 e. The van der Waals surface area contributed by atoms with E-state index in [1.54, 1.807) is 7.11 Å². The van der Waals surface area contributed by atoms with Gasteiger partial charge in [0.25, 0.3) is 0 Å². The van der Waals surface area contributed by atoms with Crippen LogP contribution in [0.1, 0.15) is 24.0 Å². The molecule has 33 heavy (non-hydrogen) atoms. The van der Waals surface area contributed by atoms with Crippen LogP contribution in [0.15, 0.2) is 42.5 Å². The second-order valence-electron chi connectivity index (χ2n) is 7.61. The van der Waals surface area contributed by atoms with Gasteiger partial charge in [0.05, 0.1) is 36.0 Å². The number of amides is 1. The second-order valence-corrected chi connectivity index (χ2v) is 8.60. The highest BCUT2D eigenvalue weighted by Crippen LogP contribution is 2.37. The standard InChI is InChI=1S/C24H24N4O4S/c1-3-17-23(33-22(26-17)16-6-4-5-7-20(16)30-2)27-24(29)32-13-15-8-9-19-18(12-15)25-21-14-31-11-10-28(19)21/h4-9,12H,3,10-11,13-14H2,1-2H3,(H,27,29). The van der Waals surface area contributed by atoms with Crippen LogP contribution < -0.4 is 10.1 Å². The van der Waals surface area contributed by atoms with Crippen LogP contribution in [0.25, 0.3) is 21.6 Å². The molecular formula is C24H24N4O4S. The van der Waals surface area contributed by atoms with Crippen molar-refractivity contribution in [3.63, 3.8) is 0 Å². The largest absolute Gasteiger partial charge is 0.496 e. The summed E-state index contributed by atoms with van der Waals surface area (Å²) in [4.78, 5) is 21.9. The molecule has 0 bridgehead atoms. The van der Waals surface area contributed by atoms with Crippen molar-refractivity contribution < 1.29 is 19.0 Å². The number of hydrogen-bond donors (Lipinski definition) is 1. The topological polar surface area (TPSA) is 87.5 Å². The van der Waals surface area contributed by atoms with E-state index in [-0.39, 0.29) is 6.61 Å². The van der Waals surface area contributed by atoms with Gasteiger partial charge in [-0.1, -0.05) is 36.5 Å². The minimum absolute atomic E-state index is 0.153. The third-order valence-electron chi connectivity index (χ3n) is 5.54. The first kappa shape index (κ1) is 21.4. The molecule has 0 unspecified atom stereocenters. The summed E-state index contributed by atoms with van der Waals surface area (Å²) in [5, 5.41) is 4.32. The Morgan fingerprint density at radius 2 is 2.12 bits per heavy atom. The van der Waals surface area contributed by atoms with Crippen LogP contribution in [0.3, 0.4) is 0 Å². The number of anilines is 1. The number of fused-ring (bicyclic) bond motifs is 3. The summed E-state index contributed by atoms with van der Waals surface area (Å²) in [5.41, 5.74) is 4.54. The van der Waals surface area contributed by atoms with E-state index in [0.717, 1.165) is 51.0 Å². The van der Waals surface area contributed by atoms with E-state index in [9.17, 15) is 4.79 Å². The summed E-state index contributed by atoms with van der Waals surface area (Å²) in [6.45, 7) is 4.17. The van der Waals surface area contributed by atoms with Crippen LogP contribution in [0.2, 0.25) is 0 Å². The molecule has 0 spiro atoms. The Labute approximate surface area is 195 Å². The maximum atomic E-state index is 12.5. The predicted molar refractivity (Wildman–Crippen MR) is 127 cm³/mol. The number of carbonyl (C=O) groups excluding carboxylic acids is 1. The van der Waals surface area contributed by atoms with Gasteiger partial charge in [-0.05, 0) is 36.2 Å². The highest BCUT2D eigenvalue weighted by molar-refractivity contribution is 7.19. The Hall–Kier alpha value is -3.43. The molecule has 4 aromatic rings. The molecule has 2 aromatic carbocycles. The minimum atomic E-state index is -0.516. The lowest BCUT2D eigenvalue weighted by molar-refractivity contribution is 0.0830. The van der Waals surface area contributed by atoms with Gasteiger partial charge < -0.3 is 18.8 Å². The van der Waals surface area contributed by atoms with Crippen LogP contribution in [0.5, 0.6) is 5.75 Å². The van der Waals surface area contributed by atoms with Gasteiger partial charge in [0.15, 0.2) is 0 Å². The van der Waals surface area contributed by atoms with Crippen molar-refractivity contribution in [1.82, 2.24) is 14.5 Å². The van der Waals surface area contributed by atoms with Crippen molar-refractivity contribution in [3.05, 3.63) is 59.5 Å². The number of para-hydroxylation sites is 1. The van der Waals surface area contributed by atoms with Crippen molar-refractivity contribution in [3.8, 4) is 16.3 Å². The Morgan fingerprint density at radius 3 is 2.97 bits per heavy atom. The van der Waals surface area contributed by atoms with Gasteiger partial charge in [-0.3, -0.25) is 5.32 Å². The molecule has 5 rings (SSSR count). The van der Waals surface area contributed by atoms with E-state index in [4.69, 9.17) is 19.2 Å². The molecule has 1 aliphatic rings. The number of aryl methyl sites for hydroxylation is 1. The zero-order valence-electron chi connectivity index (χ0n) is 18.5. The SMILES string of the molecule is CCc1nc(-c2ccccc2OC)sc1NC(=O)OCc1ccc2c(c1)nc1n2CCOC1. The van der Waals surface area contributed by atoms with Gasteiger partial charge in [-0.15, -0.1) is 0 Å². The van der Waals surface area contributed by atoms with Crippen molar-refractivity contribution >= 4 is 33.5 Å². The third kappa shape index (κ3) is 4.29. The predicted octanol–water partition coefficient (Wildman–Crippen LogP) is 5.01. The summed E-state index contributed by atoms with van der Waals surface area (Å²) in [5.74, 6) is 1.67. The van der Waals surface area contributed by atoms with Crippen LogP contribution >= 0.6 is 11.3 Å². The molecule has 0 aliphatic carbocycles. The maximum absolute atomic E-state index is 12.5. The lowest BCUT2D eigenvalue weighted by Crippen LogP contribution is -2.16. The van der Waals surface area contributed by atoms with E-state index in [2.05, 4.69) is 14.9 Å². The molecule has 1 aliphatic heterocycles. The number of nitrogens with one attached hydrogen (secondary N) is 1. The number of aromatic nitrogens is 3. The quantitative estimate of drug-likeness (QED) is 0.432. The normalized spacial score (nSPS) is 13.0. The Kier molecular flexibility index (Phi) is 5.97. The fourth-order valence-electron chi connectivity index (χ4n) is 3.90. The number of benzene rings is 2. The van der Waals surface area contributed by atoms with Crippen LogP contribution in [-0.4, -0.2) is 34.3 Å². The number of methoxy groups -OCH3 is 1. The number of rotatable bonds is 6. The minimum Gasteiger partial charge on any atom is -0.496 e. The van der Waals surface area contributed by atoms with Crippen LogP contribution in [0.4, 0.5) is 9.80 Å². The number of ether oxygens (including phenoxy) is 3. The van der Waals surface area contributed by atoms with E-state index in [0.29, 0.717) is 24.6 Å². The monoisotopic (exact) mass is 464 g/mol. The fourth-order valence-corrected chi connectivity index (χ4v) is 4.97. The molecule has 2 aromatic heterocycles. The second kappa shape index (κ2) is 9.21. The van der Waals surface area contributed by atoms with Crippen molar-refractivity contribution in [2.45, 2.75) is 33.1 Å². The first-order chi connectivity index (χ1) is 16.2. The zero-order chi connectivity index (χ0) is 22.8. The molecule has 9 heteroatoms. The molecule has 0 atom stereocenters. The molecule has 1 N–H and O–H groups in total. The van der Waals surface area contributed by atoms with Gasteiger partial charge in [0.2, 0.25) is 0 Å². The molecular weight excluding hydrogens is 440 g/mol. The summed E-state index contributed by atoms with van der Waals surface area (Å²) < 4.78 is 18.6. The highest BCUT2D eigenvalue weighted by Gasteiger charge is 2.18. The molecule has 0 fully saturated rings. The van der Waals surface area contributed by atoms with Crippen molar-refractivity contribution in [2.24, 2.45) is 0 Å².